The fraction of sp³-hybridized carbons (Fsp3) is 0.118. The van der Waals surface area contributed by atoms with Gasteiger partial charge in [-0.25, -0.2) is 14.8 Å². The number of ether oxygens (including phenoxy) is 1. The molecule has 3 aromatic heterocycles. The molecular formula is C17H14N4O2. The van der Waals surface area contributed by atoms with E-state index in [-0.39, 0.29) is 5.97 Å². The zero-order valence-corrected chi connectivity index (χ0v) is 12.7. The fourth-order valence-corrected chi connectivity index (χ4v) is 2.88. The Balaban J connectivity index is 2.07. The number of carbonyl (C=O) groups excluding carboxylic acids is 1. The number of esters is 1. The Hall–Kier alpha value is -3.15. The largest absolute Gasteiger partial charge is 0.465 e. The van der Waals surface area contributed by atoms with Crippen LogP contribution < -0.4 is 0 Å². The standard InChI is InChI=1S/C17H14N4O2/c1-20-8-7-12-15(20)18-10-19-16(12)21-9-13(17(22)23-2)11-5-3-4-6-14(11)21/h3-10H,1-2H3. The molecule has 0 aliphatic heterocycles. The zero-order valence-electron chi connectivity index (χ0n) is 12.7. The number of rotatable bonds is 2. The second-order valence-electron chi connectivity index (χ2n) is 5.28. The minimum atomic E-state index is -0.363. The first kappa shape index (κ1) is 13.5. The normalized spacial score (nSPS) is 11.2. The highest BCUT2D eigenvalue weighted by Crippen LogP contribution is 2.27. The van der Waals surface area contributed by atoms with Gasteiger partial charge in [0.15, 0.2) is 0 Å². The number of aromatic nitrogens is 4. The smallest absolute Gasteiger partial charge is 0.340 e. The molecule has 4 aromatic rings. The third-order valence-electron chi connectivity index (χ3n) is 3.99. The fourth-order valence-electron chi connectivity index (χ4n) is 2.88. The lowest BCUT2D eigenvalue weighted by atomic mass is 10.2. The minimum Gasteiger partial charge on any atom is -0.465 e. The molecule has 0 fully saturated rings. The van der Waals surface area contributed by atoms with E-state index in [4.69, 9.17) is 4.74 Å². The highest BCUT2D eigenvalue weighted by molar-refractivity contribution is 6.05. The molecule has 0 radical (unpaired) electrons. The molecule has 114 valence electrons. The van der Waals surface area contributed by atoms with Crippen molar-refractivity contribution in [1.82, 2.24) is 19.1 Å². The van der Waals surface area contributed by atoms with Crippen LogP contribution in [0.1, 0.15) is 10.4 Å². The topological polar surface area (TPSA) is 61.9 Å². The van der Waals surface area contributed by atoms with Gasteiger partial charge >= 0.3 is 5.97 Å². The Morgan fingerprint density at radius 1 is 1.13 bits per heavy atom. The molecule has 0 N–H and O–H groups in total. The highest BCUT2D eigenvalue weighted by Gasteiger charge is 2.18. The predicted molar refractivity (Wildman–Crippen MR) is 86.7 cm³/mol. The van der Waals surface area contributed by atoms with Gasteiger partial charge in [0.1, 0.15) is 17.8 Å². The van der Waals surface area contributed by atoms with Gasteiger partial charge in [-0.3, -0.25) is 4.57 Å². The molecule has 0 spiro atoms. The van der Waals surface area contributed by atoms with Crippen LogP contribution in [-0.2, 0) is 11.8 Å². The molecule has 6 nitrogen and oxygen atoms in total. The van der Waals surface area contributed by atoms with Crippen molar-refractivity contribution in [3.05, 3.63) is 54.6 Å². The van der Waals surface area contributed by atoms with Crippen LogP contribution in [0.2, 0.25) is 0 Å². The Morgan fingerprint density at radius 3 is 2.78 bits per heavy atom. The summed E-state index contributed by atoms with van der Waals surface area (Å²) in [6.45, 7) is 0. The van der Waals surface area contributed by atoms with Crippen molar-refractivity contribution in [1.29, 1.82) is 0 Å². The van der Waals surface area contributed by atoms with E-state index in [9.17, 15) is 4.79 Å². The van der Waals surface area contributed by atoms with E-state index >= 15 is 0 Å². The number of nitrogens with zero attached hydrogens (tertiary/aromatic N) is 4. The maximum Gasteiger partial charge on any atom is 0.340 e. The third kappa shape index (κ3) is 1.92. The van der Waals surface area contributed by atoms with Crippen LogP contribution in [0.15, 0.2) is 49.1 Å². The molecule has 0 saturated carbocycles. The summed E-state index contributed by atoms with van der Waals surface area (Å²) in [5.41, 5.74) is 2.26. The van der Waals surface area contributed by atoms with Crippen LogP contribution in [-0.4, -0.2) is 32.2 Å². The lowest BCUT2D eigenvalue weighted by Crippen LogP contribution is -2.01. The summed E-state index contributed by atoms with van der Waals surface area (Å²) < 4.78 is 8.74. The number of aryl methyl sites for hydroxylation is 1. The van der Waals surface area contributed by atoms with Crippen LogP contribution in [0.4, 0.5) is 0 Å². The molecule has 0 atom stereocenters. The lowest BCUT2D eigenvalue weighted by molar-refractivity contribution is 0.0603. The van der Waals surface area contributed by atoms with E-state index in [1.807, 2.05) is 52.7 Å². The van der Waals surface area contributed by atoms with Gasteiger partial charge in [0.25, 0.3) is 0 Å². The van der Waals surface area contributed by atoms with Crippen molar-refractivity contribution in [2.45, 2.75) is 0 Å². The van der Waals surface area contributed by atoms with Gasteiger partial charge in [0.2, 0.25) is 0 Å². The summed E-state index contributed by atoms with van der Waals surface area (Å²) in [4.78, 5) is 20.8. The average molecular weight is 306 g/mol. The Kier molecular flexibility index (Phi) is 2.90. The number of methoxy groups -OCH3 is 1. The predicted octanol–water partition coefficient (Wildman–Crippen LogP) is 2.70. The molecule has 0 amide bonds. The monoisotopic (exact) mass is 306 g/mol. The van der Waals surface area contributed by atoms with Crippen LogP contribution in [0, 0.1) is 0 Å². The van der Waals surface area contributed by atoms with E-state index in [2.05, 4.69) is 9.97 Å². The molecule has 1 aromatic carbocycles. The van der Waals surface area contributed by atoms with Gasteiger partial charge in [-0.15, -0.1) is 0 Å². The maximum atomic E-state index is 12.1. The van der Waals surface area contributed by atoms with Crippen LogP contribution in [0.25, 0.3) is 27.8 Å². The summed E-state index contributed by atoms with van der Waals surface area (Å²) in [6.07, 6.45) is 5.24. The van der Waals surface area contributed by atoms with Gasteiger partial charge in [-0.2, -0.15) is 0 Å². The molecule has 4 rings (SSSR count). The minimum absolute atomic E-state index is 0.363. The van der Waals surface area contributed by atoms with Crippen molar-refractivity contribution in [3.63, 3.8) is 0 Å². The first-order chi connectivity index (χ1) is 11.2. The molecule has 6 heteroatoms. The second-order valence-corrected chi connectivity index (χ2v) is 5.28. The number of benzene rings is 1. The molecule has 0 bridgehead atoms. The lowest BCUT2D eigenvalue weighted by Gasteiger charge is -2.05. The van der Waals surface area contributed by atoms with Gasteiger partial charge in [-0.1, -0.05) is 18.2 Å². The first-order valence-electron chi connectivity index (χ1n) is 7.15. The van der Waals surface area contributed by atoms with Crippen molar-refractivity contribution >= 4 is 27.9 Å². The summed E-state index contributed by atoms with van der Waals surface area (Å²) in [5.74, 6) is 0.375. The van der Waals surface area contributed by atoms with Gasteiger partial charge in [-0.05, 0) is 12.1 Å². The number of para-hydroxylation sites is 1. The zero-order chi connectivity index (χ0) is 16.0. The molecule has 0 unspecified atom stereocenters. The van der Waals surface area contributed by atoms with Crippen molar-refractivity contribution < 1.29 is 9.53 Å². The van der Waals surface area contributed by atoms with Crippen LogP contribution >= 0.6 is 0 Å². The molecule has 3 heterocycles. The summed E-state index contributed by atoms with van der Waals surface area (Å²) >= 11 is 0. The number of hydrogen-bond acceptors (Lipinski definition) is 4. The molecule has 0 aliphatic carbocycles. The van der Waals surface area contributed by atoms with Crippen LogP contribution in [0.5, 0.6) is 0 Å². The summed E-state index contributed by atoms with van der Waals surface area (Å²) in [6, 6.07) is 9.66. The Labute approximate surface area is 131 Å². The SMILES string of the molecule is COC(=O)c1cn(-c2ncnc3c2ccn3C)c2ccccc12. The first-order valence-corrected chi connectivity index (χ1v) is 7.15. The van der Waals surface area contributed by atoms with Crippen molar-refractivity contribution in [2.75, 3.05) is 7.11 Å². The van der Waals surface area contributed by atoms with Gasteiger partial charge in [0.05, 0.1) is 23.6 Å². The van der Waals surface area contributed by atoms with E-state index < -0.39 is 0 Å². The van der Waals surface area contributed by atoms with Crippen molar-refractivity contribution in [2.24, 2.45) is 7.05 Å². The quantitative estimate of drug-likeness (QED) is 0.534. The second kappa shape index (κ2) is 4.95. The van der Waals surface area contributed by atoms with E-state index in [0.717, 1.165) is 27.8 Å². The van der Waals surface area contributed by atoms with Gasteiger partial charge < -0.3 is 9.30 Å². The van der Waals surface area contributed by atoms with Gasteiger partial charge in [0, 0.05) is 24.8 Å². The molecule has 0 saturated heterocycles. The molecule has 23 heavy (non-hydrogen) atoms. The van der Waals surface area contributed by atoms with Crippen molar-refractivity contribution in [3.8, 4) is 5.82 Å². The number of carbonyl (C=O) groups is 1. The number of fused-ring (bicyclic) bond motifs is 2. The molecule has 0 aliphatic rings. The third-order valence-corrected chi connectivity index (χ3v) is 3.99. The van der Waals surface area contributed by atoms with E-state index in [0.29, 0.717) is 5.56 Å². The molecular weight excluding hydrogens is 292 g/mol. The Bertz CT molecular complexity index is 1050. The van der Waals surface area contributed by atoms with E-state index in [1.54, 1.807) is 6.20 Å². The Morgan fingerprint density at radius 2 is 1.96 bits per heavy atom. The number of hydrogen-bond donors (Lipinski definition) is 0. The van der Waals surface area contributed by atoms with E-state index in [1.165, 1.54) is 13.4 Å². The van der Waals surface area contributed by atoms with Crippen LogP contribution in [0.3, 0.4) is 0 Å². The average Bonchev–Trinajstić information content (AvgIpc) is 3.16. The summed E-state index contributed by atoms with van der Waals surface area (Å²) in [7, 11) is 3.32. The maximum absolute atomic E-state index is 12.1. The highest BCUT2D eigenvalue weighted by atomic mass is 16.5. The summed E-state index contributed by atoms with van der Waals surface area (Å²) in [5, 5.41) is 1.76.